The Morgan fingerprint density at radius 1 is 1.50 bits per heavy atom. The highest BCUT2D eigenvalue weighted by Crippen LogP contribution is 2.11. The predicted octanol–water partition coefficient (Wildman–Crippen LogP) is 3.23. The summed E-state index contributed by atoms with van der Waals surface area (Å²) in [5.74, 6) is 0.865. The van der Waals surface area contributed by atoms with Crippen molar-refractivity contribution in [1.29, 1.82) is 0 Å². The molecule has 1 N–H and O–H groups in total. The summed E-state index contributed by atoms with van der Waals surface area (Å²) in [4.78, 5) is 11.6. The number of hydrogen-bond donors (Lipinski definition) is 1. The monoisotopic (exact) mass is 223 g/mol. The Labute approximate surface area is 97.2 Å². The topological polar surface area (TPSA) is 42.2 Å². The molecule has 0 spiro atoms. The zero-order valence-corrected chi connectivity index (χ0v) is 10.2. The Balaban J connectivity index is 2.29. The largest absolute Gasteiger partial charge is 0.459 e. The molecule has 0 aliphatic carbocycles. The van der Waals surface area contributed by atoms with Crippen LogP contribution in [0.4, 0.5) is 0 Å². The van der Waals surface area contributed by atoms with Crippen molar-refractivity contribution in [3.05, 3.63) is 24.2 Å². The van der Waals surface area contributed by atoms with Crippen molar-refractivity contribution in [2.45, 2.75) is 39.5 Å². The maximum atomic E-state index is 11.6. The fourth-order valence-electron chi connectivity index (χ4n) is 1.68. The number of rotatable bonds is 7. The molecule has 0 bridgehead atoms. The van der Waals surface area contributed by atoms with Crippen LogP contribution in [0.2, 0.25) is 0 Å². The molecule has 1 aromatic heterocycles. The summed E-state index contributed by atoms with van der Waals surface area (Å²) in [6, 6.07) is 3.41. The molecule has 0 unspecified atom stereocenters. The van der Waals surface area contributed by atoms with E-state index < -0.39 is 0 Å². The molecule has 90 valence electrons. The zero-order valence-electron chi connectivity index (χ0n) is 10.2. The zero-order chi connectivity index (χ0) is 11.8. The van der Waals surface area contributed by atoms with Crippen LogP contribution in [0, 0.1) is 5.92 Å². The molecule has 3 nitrogen and oxygen atoms in total. The molecule has 16 heavy (non-hydrogen) atoms. The van der Waals surface area contributed by atoms with Gasteiger partial charge in [0.15, 0.2) is 5.76 Å². The fourth-order valence-corrected chi connectivity index (χ4v) is 1.68. The number of unbranched alkanes of at least 4 members (excludes halogenated alkanes) is 1. The quantitative estimate of drug-likeness (QED) is 0.771. The summed E-state index contributed by atoms with van der Waals surface area (Å²) in [5, 5.41) is 2.91. The lowest BCUT2D eigenvalue weighted by Crippen LogP contribution is -2.28. The SMILES string of the molecule is CCCC[C@H](CC)CNC(=O)c1ccco1. The first-order chi connectivity index (χ1) is 7.77. The summed E-state index contributed by atoms with van der Waals surface area (Å²) >= 11 is 0. The fraction of sp³-hybridized carbons (Fsp3) is 0.615. The second-order valence-corrected chi connectivity index (χ2v) is 4.10. The Kier molecular flexibility index (Phi) is 5.68. The van der Waals surface area contributed by atoms with Gasteiger partial charge in [0.05, 0.1) is 6.26 Å². The smallest absolute Gasteiger partial charge is 0.286 e. The predicted molar refractivity (Wildman–Crippen MR) is 64.3 cm³/mol. The number of furan rings is 1. The first kappa shape index (κ1) is 12.8. The van der Waals surface area contributed by atoms with Crippen molar-refractivity contribution in [1.82, 2.24) is 5.32 Å². The molecule has 0 aliphatic heterocycles. The molecule has 1 heterocycles. The van der Waals surface area contributed by atoms with Crippen LogP contribution in [0.3, 0.4) is 0 Å². The van der Waals surface area contributed by atoms with Crippen LogP contribution in [0.25, 0.3) is 0 Å². The van der Waals surface area contributed by atoms with Crippen molar-refractivity contribution in [2.75, 3.05) is 6.54 Å². The molecule has 0 aromatic carbocycles. The summed E-state index contributed by atoms with van der Waals surface area (Å²) in [5.41, 5.74) is 0. The van der Waals surface area contributed by atoms with Gasteiger partial charge in [-0.15, -0.1) is 0 Å². The first-order valence-corrected chi connectivity index (χ1v) is 6.09. The molecule has 0 saturated carbocycles. The highest BCUT2D eigenvalue weighted by atomic mass is 16.3. The molecule has 0 aliphatic rings. The maximum Gasteiger partial charge on any atom is 0.286 e. The number of hydrogen-bond acceptors (Lipinski definition) is 2. The highest BCUT2D eigenvalue weighted by Gasteiger charge is 2.11. The molecule has 3 heteroatoms. The van der Waals surface area contributed by atoms with E-state index in [9.17, 15) is 4.79 Å². The van der Waals surface area contributed by atoms with E-state index in [0.29, 0.717) is 11.7 Å². The lowest BCUT2D eigenvalue weighted by Gasteiger charge is -2.14. The Hall–Kier alpha value is -1.25. The van der Waals surface area contributed by atoms with E-state index in [2.05, 4.69) is 19.2 Å². The van der Waals surface area contributed by atoms with E-state index in [0.717, 1.165) is 13.0 Å². The van der Waals surface area contributed by atoms with E-state index >= 15 is 0 Å². The minimum Gasteiger partial charge on any atom is -0.459 e. The minimum atomic E-state index is -0.111. The number of carbonyl (C=O) groups is 1. The van der Waals surface area contributed by atoms with Crippen LogP contribution < -0.4 is 5.32 Å². The Morgan fingerprint density at radius 3 is 2.88 bits per heavy atom. The van der Waals surface area contributed by atoms with E-state index in [4.69, 9.17) is 4.42 Å². The van der Waals surface area contributed by atoms with E-state index in [1.165, 1.54) is 25.5 Å². The molecule has 0 radical (unpaired) electrons. The number of nitrogens with one attached hydrogen (secondary N) is 1. The normalized spacial score (nSPS) is 12.4. The highest BCUT2D eigenvalue weighted by molar-refractivity contribution is 5.91. The van der Waals surface area contributed by atoms with Gasteiger partial charge in [-0.2, -0.15) is 0 Å². The van der Waals surface area contributed by atoms with Gasteiger partial charge < -0.3 is 9.73 Å². The third-order valence-corrected chi connectivity index (χ3v) is 2.84. The molecule has 1 amide bonds. The van der Waals surface area contributed by atoms with Gasteiger partial charge in [0, 0.05) is 6.54 Å². The average Bonchev–Trinajstić information content (AvgIpc) is 2.82. The van der Waals surface area contributed by atoms with E-state index in [1.807, 2.05) is 0 Å². The van der Waals surface area contributed by atoms with Crippen LogP contribution in [-0.4, -0.2) is 12.5 Å². The minimum absolute atomic E-state index is 0.111. The Morgan fingerprint density at radius 2 is 2.31 bits per heavy atom. The van der Waals surface area contributed by atoms with Crippen LogP contribution in [0.5, 0.6) is 0 Å². The van der Waals surface area contributed by atoms with Crippen LogP contribution in [0.15, 0.2) is 22.8 Å². The van der Waals surface area contributed by atoms with E-state index in [-0.39, 0.29) is 5.91 Å². The van der Waals surface area contributed by atoms with Crippen molar-refractivity contribution >= 4 is 5.91 Å². The number of carbonyl (C=O) groups excluding carboxylic acids is 1. The Bertz CT molecular complexity index is 293. The number of amides is 1. The van der Waals surface area contributed by atoms with Crippen LogP contribution in [-0.2, 0) is 0 Å². The molecule has 1 atom stereocenters. The third kappa shape index (κ3) is 4.09. The van der Waals surface area contributed by atoms with Gasteiger partial charge >= 0.3 is 0 Å². The summed E-state index contributed by atoms with van der Waals surface area (Å²) in [6.45, 7) is 5.10. The summed E-state index contributed by atoms with van der Waals surface area (Å²) in [6.07, 6.45) is 6.25. The third-order valence-electron chi connectivity index (χ3n) is 2.84. The van der Waals surface area contributed by atoms with Crippen LogP contribution >= 0.6 is 0 Å². The molecule has 1 rings (SSSR count). The standard InChI is InChI=1S/C13H21NO2/c1-3-5-7-11(4-2)10-14-13(15)12-8-6-9-16-12/h6,8-9,11H,3-5,7,10H2,1-2H3,(H,14,15)/t11-/m0/s1. The second kappa shape index (κ2) is 7.09. The van der Waals surface area contributed by atoms with Gasteiger partial charge in [0.2, 0.25) is 0 Å². The first-order valence-electron chi connectivity index (χ1n) is 6.09. The van der Waals surface area contributed by atoms with Gasteiger partial charge in [0.25, 0.3) is 5.91 Å². The van der Waals surface area contributed by atoms with E-state index in [1.54, 1.807) is 12.1 Å². The molecule has 0 fully saturated rings. The van der Waals surface area contributed by atoms with Gasteiger partial charge in [-0.3, -0.25) is 4.79 Å². The lowest BCUT2D eigenvalue weighted by atomic mass is 9.99. The second-order valence-electron chi connectivity index (χ2n) is 4.10. The molecular formula is C13H21NO2. The van der Waals surface area contributed by atoms with Gasteiger partial charge in [-0.05, 0) is 24.5 Å². The maximum absolute atomic E-state index is 11.6. The van der Waals surface area contributed by atoms with Crippen molar-refractivity contribution in [3.8, 4) is 0 Å². The van der Waals surface area contributed by atoms with Crippen molar-refractivity contribution in [3.63, 3.8) is 0 Å². The lowest BCUT2D eigenvalue weighted by molar-refractivity contribution is 0.0918. The van der Waals surface area contributed by atoms with Crippen molar-refractivity contribution < 1.29 is 9.21 Å². The molecular weight excluding hydrogens is 202 g/mol. The summed E-state index contributed by atoms with van der Waals surface area (Å²) in [7, 11) is 0. The van der Waals surface area contributed by atoms with Crippen molar-refractivity contribution in [2.24, 2.45) is 5.92 Å². The summed E-state index contributed by atoms with van der Waals surface area (Å²) < 4.78 is 5.03. The average molecular weight is 223 g/mol. The van der Waals surface area contributed by atoms with Gasteiger partial charge in [0.1, 0.15) is 0 Å². The molecule has 0 saturated heterocycles. The van der Waals surface area contributed by atoms with Gasteiger partial charge in [-0.25, -0.2) is 0 Å². The van der Waals surface area contributed by atoms with Gasteiger partial charge in [-0.1, -0.05) is 33.1 Å². The van der Waals surface area contributed by atoms with Crippen LogP contribution in [0.1, 0.15) is 50.1 Å². The molecule has 1 aromatic rings.